The smallest absolute Gasteiger partial charge is 0.126 e. The summed E-state index contributed by atoms with van der Waals surface area (Å²) < 4.78 is 6.05. The van der Waals surface area contributed by atoms with Crippen LogP contribution in [0.25, 0.3) is 0 Å². The Bertz CT molecular complexity index is 2800. The summed E-state index contributed by atoms with van der Waals surface area (Å²) in [6.45, 7) is 39.9. The van der Waals surface area contributed by atoms with Gasteiger partial charge in [-0.15, -0.1) is 0 Å². The Morgan fingerprint density at radius 1 is 0.378 bits per heavy atom. The fourth-order valence-electron chi connectivity index (χ4n) is 17.6. The van der Waals surface area contributed by atoms with Gasteiger partial charge in [-0.1, -0.05) is 218 Å². The maximum atomic E-state index is 6.22. The zero-order chi connectivity index (χ0) is 52.9. The number of ether oxygens (including phenoxy) is 1. The first-order valence-electron chi connectivity index (χ1n) is 29.4. The molecule has 394 valence electrons. The molecule has 5 aromatic rings. The molecule has 74 heavy (non-hydrogen) atoms. The van der Waals surface area contributed by atoms with Gasteiger partial charge >= 0.3 is 0 Å². The minimum Gasteiger partial charge on any atom is -0.489 e. The van der Waals surface area contributed by atoms with Crippen molar-refractivity contribution in [2.75, 3.05) is 0 Å². The van der Waals surface area contributed by atoms with Crippen molar-refractivity contribution in [3.05, 3.63) is 169 Å². The van der Waals surface area contributed by atoms with Crippen LogP contribution in [-0.4, -0.2) is 6.10 Å². The second-order valence-corrected chi connectivity index (χ2v) is 31.4. The highest BCUT2D eigenvalue weighted by Gasteiger charge is 2.64. The molecule has 15 rings (SSSR count). The zero-order valence-electron chi connectivity index (χ0n) is 48.8. The Hall–Kier alpha value is -3.81. The first kappa shape index (κ1) is 52.3. The van der Waals surface area contributed by atoms with E-state index in [9.17, 15) is 0 Å². The average Bonchev–Trinajstić information content (AvgIpc) is 4.22. The highest BCUT2D eigenvalue weighted by molar-refractivity contribution is 6.31. The topological polar surface area (TPSA) is 9.23 Å². The minimum atomic E-state index is 0.372. The number of fused-ring (bicyclic) bond motifs is 14. The van der Waals surface area contributed by atoms with Crippen LogP contribution in [0.5, 0.6) is 5.75 Å². The third-order valence-electron chi connectivity index (χ3n) is 20.6. The van der Waals surface area contributed by atoms with Crippen LogP contribution < -0.4 is 4.74 Å². The summed E-state index contributed by atoms with van der Waals surface area (Å²) in [6.07, 6.45) is 7.01. The van der Waals surface area contributed by atoms with Crippen LogP contribution in [0.15, 0.2) is 103 Å². The van der Waals surface area contributed by atoms with Crippen molar-refractivity contribution >= 4 is 11.6 Å². The van der Waals surface area contributed by atoms with Crippen molar-refractivity contribution in [3.8, 4) is 5.75 Å². The summed E-state index contributed by atoms with van der Waals surface area (Å²) in [4.78, 5) is 0. The predicted octanol–water partition coefficient (Wildman–Crippen LogP) is 19.0. The van der Waals surface area contributed by atoms with E-state index in [0.29, 0.717) is 45.0 Å². The Kier molecular flexibility index (Phi) is 12.8. The highest BCUT2D eigenvalue weighted by Crippen LogP contribution is 2.70. The van der Waals surface area contributed by atoms with Gasteiger partial charge in [-0.25, -0.2) is 0 Å². The van der Waals surface area contributed by atoms with Crippen molar-refractivity contribution in [1.82, 2.24) is 0 Å². The number of hydrogen-bond donors (Lipinski definition) is 0. The van der Waals surface area contributed by atoms with Gasteiger partial charge in [0.05, 0.1) is 0 Å². The number of hydrogen-bond acceptors (Lipinski definition) is 1. The standard InChI is InChI=1S/2C15H20.C14H17Cl.C14H18O.C14H18/c1-9-5-6-11-10(7-9)8-12-13(11)14(12)15(2,3)4;1-15(2,3)14-12-8-10-6-4-5-7-11(10)9-13(12)14;1-14(2,3)13-10-7-9-8(12(10)13)5-4-6-11(9)15;1-8-6-5-7-9-10-11(14(2,3)4)13(10)15-12(8)9;1-14(2,3)13-11-8-9-6-4-5-7-10(9)12(11)13/h5-7,12-14H,8H2,1-4H3;4-7,12-14H,8-9H2,1-3H3;4-6,10,12-13H,7H2,1-3H3;5-7,10-11,13H,1-4H3;4-7,11-13H,8H2,1-3H3. The zero-order valence-corrected chi connectivity index (χ0v) is 49.6. The molecule has 0 amide bonds. The maximum absolute atomic E-state index is 6.22. The van der Waals surface area contributed by atoms with E-state index in [0.717, 1.165) is 81.8 Å². The first-order chi connectivity index (χ1) is 34.6. The van der Waals surface area contributed by atoms with E-state index in [-0.39, 0.29) is 0 Å². The predicted molar refractivity (Wildman–Crippen MR) is 313 cm³/mol. The van der Waals surface area contributed by atoms with Gasteiger partial charge in [0.15, 0.2) is 0 Å². The fourth-order valence-corrected chi connectivity index (χ4v) is 17.9. The third kappa shape index (κ3) is 9.59. The summed E-state index contributed by atoms with van der Waals surface area (Å²) in [5.41, 5.74) is 19.2. The number of aryl methyl sites for hydroxylation is 2. The lowest BCUT2D eigenvalue weighted by Crippen LogP contribution is -2.15. The molecule has 5 fully saturated rings. The van der Waals surface area contributed by atoms with Gasteiger partial charge in [0.25, 0.3) is 0 Å². The van der Waals surface area contributed by atoms with Crippen LogP contribution in [0.3, 0.4) is 0 Å². The number of para-hydroxylation sites is 1. The maximum Gasteiger partial charge on any atom is 0.126 e. The Labute approximate surface area is 454 Å². The molecule has 14 unspecified atom stereocenters. The second-order valence-electron chi connectivity index (χ2n) is 31.0. The molecular formula is C72H93ClO. The van der Waals surface area contributed by atoms with E-state index < -0.39 is 0 Å². The molecule has 1 aliphatic heterocycles. The summed E-state index contributed by atoms with van der Waals surface area (Å²) >= 11 is 6.22. The van der Waals surface area contributed by atoms with E-state index in [1.54, 1.807) is 33.4 Å². The van der Waals surface area contributed by atoms with Crippen LogP contribution in [0.4, 0.5) is 0 Å². The molecule has 5 aromatic carbocycles. The van der Waals surface area contributed by atoms with E-state index in [1.807, 2.05) is 6.07 Å². The first-order valence-corrected chi connectivity index (χ1v) is 29.8. The van der Waals surface area contributed by atoms with Crippen molar-refractivity contribution < 1.29 is 4.74 Å². The second kappa shape index (κ2) is 18.1. The quantitative estimate of drug-likeness (QED) is 0.150. The van der Waals surface area contributed by atoms with Crippen molar-refractivity contribution in [3.63, 3.8) is 0 Å². The number of benzene rings is 5. The van der Waals surface area contributed by atoms with Gasteiger partial charge in [0.1, 0.15) is 11.9 Å². The molecule has 2 heteroatoms. The highest BCUT2D eigenvalue weighted by atomic mass is 35.5. The lowest BCUT2D eigenvalue weighted by Gasteiger charge is -2.21. The fraction of sp³-hybridized carbons (Fsp3) is 0.583. The molecule has 10 aliphatic rings. The van der Waals surface area contributed by atoms with Gasteiger partial charge in [-0.2, -0.15) is 0 Å². The molecule has 5 saturated carbocycles. The monoisotopic (exact) mass is 1010 g/mol. The molecule has 1 nitrogen and oxygen atoms in total. The molecule has 0 saturated heterocycles. The van der Waals surface area contributed by atoms with Gasteiger partial charge < -0.3 is 4.74 Å². The molecule has 0 spiro atoms. The molecule has 14 atom stereocenters. The lowest BCUT2D eigenvalue weighted by molar-refractivity contribution is 0.229. The van der Waals surface area contributed by atoms with E-state index in [4.69, 9.17) is 16.3 Å². The number of rotatable bonds is 0. The van der Waals surface area contributed by atoms with Crippen molar-refractivity contribution in [2.24, 2.45) is 86.3 Å². The van der Waals surface area contributed by atoms with E-state index in [1.165, 1.54) is 59.9 Å². The SMILES string of the molecule is CC(C)(C)C1C2Cc3c(Cl)cccc3C21.CC(C)(C)C1C2Cc3ccccc3C21.CC(C)(C)C1C2Cc3ccccc3CC21.Cc1ccc2c(c1)CC1C2C1C(C)(C)C.Cc1cccc2c1OC1C2C1C(C)(C)C. The summed E-state index contributed by atoms with van der Waals surface area (Å²) in [6, 6.07) is 38.0. The minimum absolute atomic E-state index is 0.372. The van der Waals surface area contributed by atoms with Crippen LogP contribution in [-0.2, 0) is 32.1 Å². The van der Waals surface area contributed by atoms with Crippen molar-refractivity contribution in [1.29, 1.82) is 0 Å². The molecule has 9 aliphatic carbocycles. The van der Waals surface area contributed by atoms with Crippen LogP contribution in [0.1, 0.15) is 189 Å². The largest absolute Gasteiger partial charge is 0.489 e. The molecule has 0 radical (unpaired) electrons. The van der Waals surface area contributed by atoms with E-state index in [2.05, 4.69) is 215 Å². The van der Waals surface area contributed by atoms with Gasteiger partial charge in [0, 0.05) is 22.4 Å². The molecule has 0 N–H and O–H groups in total. The van der Waals surface area contributed by atoms with Gasteiger partial charge in [-0.05, 0) is 200 Å². The van der Waals surface area contributed by atoms with Gasteiger partial charge in [-0.3, -0.25) is 0 Å². The Morgan fingerprint density at radius 2 is 0.811 bits per heavy atom. The lowest BCUT2D eigenvalue weighted by atomic mass is 9.84. The molecular weight excluding hydrogens is 916 g/mol. The summed E-state index contributed by atoms with van der Waals surface area (Å²) in [5, 5.41) is 0.979. The molecule has 1 heterocycles. The van der Waals surface area contributed by atoms with Crippen LogP contribution >= 0.6 is 11.6 Å². The summed E-state index contributed by atoms with van der Waals surface area (Å²) in [7, 11) is 0. The normalized spacial score (nSPS) is 32.7. The van der Waals surface area contributed by atoms with E-state index >= 15 is 0 Å². The Balaban J connectivity index is 0.0000000993. The molecule has 0 aromatic heterocycles. The van der Waals surface area contributed by atoms with Gasteiger partial charge in [0.2, 0.25) is 0 Å². The van der Waals surface area contributed by atoms with Crippen LogP contribution in [0.2, 0.25) is 5.02 Å². The molecule has 0 bridgehead atoms. The third-order valence-corrected chi connectivity index (χ3v) is 21.0. The average molecular weight is 1010 g/mol. The summed E-state index contributed by atoms with van der Waals surface area (Å²) in [5.74, 6) is 13.6. The van der Waals surface area contributed by atoms with Crippen molar-refractivity contribution in [2.45, 2.75) is 180 Å². The van der Waals surface area contributed by atoms with Crippen LogP contribution in [0, 0.1) is 100 Å². The Morgan fingerprint density at radius 3 is 1.36 bits per heavy atom. The number of halogens is 1.